The highest BCUT2D eigenvalue weighted by molar-refractivity contribution is 5.98. The maximum atomic E-state index is 12.9. The van der Waals surface area contributed by atoms with Gasteiger partial charge in [0.2, 0.25) is 5.91 Å². The van der Waals surface area contributed by atoms with Crippen LogP contribution in [0.4, 0.5) is 0 Å². The van der Waals surface area contributed by atoms with Crippen LogP contribution >= 0.6 is 0 Å². The molecule has 1 aliphatic heterocycles. The summed E-state index contributed by atoms with van der Waals surface area (Å²) in [5, 5.41) is 2.14. The van der Waals surface area contributed by atoms with Crippen molar-refractivity contribution in [3.63, 3.8) is 0 Å². The first-order valence-electron chi connectivity index (χ1n) is 10.7. The van der Waals surface area contributed by atoms with Crippen LogP contribution in [0.15, 0.2) is 75.9 Å². The molecule has 2 amide bonds. The van der Waals surface area contributed by atoms with Crippen molar-refractivity contribution in [1.82, 2.24) is 14.4 Å². The molecule has 5 rings (SSSR count). The molecular weight excluding hydrogens is 406 g/mol. The van der Waals surface area contributed by atoms with Crippen molar-refractivity contribution in [3.8, 4) is 0 Å². The number of benzene rings is 3. The molecule has 4 aromatic rings. The third kappa shape index (κ3) is 3.77. The number of fused-ring (bicyclic) bond motifs is 2. The summed E-state index contributed by atoms with van der Waals surface area (Å²) in [5.74, 6) is -0.496. The number of piperazine rings is 1. The Balaban J connectivity index is 1.19. The summed E-state index contributed by atoms with van der Waals surface area (Å²) in [4.78, 5) is 41.3. The zero-order chi connectivity index (χ0) is 22.1. The van der Waals surface area contributed by atoms with Gasteiger partial charge in [0.1, 0.15) is 0 Å². The van der Waals surface area contributed by atoms with Crippen LogP contribution < -0.4 is 5.76 Å². The number of para-hydroxylation sites is 2. The van der Waals surface area contributed by atoms with Gasteiger partial charge in [0.15, 0.2) is 5.58 Å². The average Bonchev–Trinajstić information content (AvgIpc) is 3.16. The summed E-state index contributed by atoms with van der Waals surface area (Å²) in [6, 6.07) is 20.9. The van der Waals surface area contributed by atoms with Gasteiger partial charge in [-0.2, -0.15) is 0 Å². The molecule has 1 aliphatic rings. The molecule has 7 heteroatoms. The van der Waals surface area contributed by atoms with Gasteiger partial charge in [0.25, 0.3) is 5.91 Å². The Bertz CT molecular complexity index is 1360. The number of nitrogens with zero attached hydrogens (tertiary/aromatic N) is 3. The fourth-order valence-corrected chi connectivity index (χ4v) is 4.26. The molecule has 2 heterocycles. The largest absolute Gasteiger partial charge is 0.419 e. The van der Waals surface area contributed by atoms with Crippen molar-refractivity contribution in [3.05, 3.63) is 82.8 Å². The van der Waals surface area contributed by atoms with Crippen molar-refractivity contribution in [2.75, 3.05) is 26.2 Å². The number of carbonyl (C=O) groups excluding carboxylic acids is 2. The summed E-state index contributed by atoms with van der Waals surface area (Å²) in [6.07, 6.45) is 0.210. The van der Waals surface area contributed by atoms with Crippen molar-refractivity contribution >= 4 is 33.7 Å². The van der Waals surface area contributed by atoms with Crippen LogP contribution in [-0.2, 0) is 11.3 Å². The van der Waals surface area contributed by atoms with Gasteiger partial charge in [0.05, 0.1) is 5.52 Å². The van der Waals surface area contributed by atoms with E-state index in [1.807, 2.05) is 54.6 Å². The van der Waals surface area contributed by atoms with Gasteiger partial charge < -0.3 is 14.2 Å². The molecule has 1 saturated heterocycles. The highest BCUT2D eigenvalue weighted by atomic mass is 16.4. The lowest BCUT2D eigenvalue weighted by Crippen LogP contribution is -2.50. The summed E-state index contributed by atoms with van der Waals surface area (Å²) in [5.41, 5.74) is 1.87. The molecule has 162 valence electrons. The topological polar surface area (TPSA) is 75.8 Å². The van der Waals surface area contributed by atoms with Crippen LogP contribution in [0.5, 0.6) is 0 Å². The van der Waals surface area contributed by atoms with E-state index >= 15 is 0 Å². The third-order valence-electron chi connectivity index (χ3n) is 6.04. The molecule has 32 heavy (non-hydrogen) atoms. The molecular formula is C25H23N3O4. The van der Waals surface area contributed by atoms with Gasteiger partial charge in [0, 0.05) is 44.7 Å². The highest BCUT2D eigenvalue weighted by Gasteiger charge is 2.25. The first-order chi connectivity index (χ1) is 15.6. The zero-order valence-corrected chi connectivity index (χ0v) is 17.6. The Hall–Kier alpha value is -3.87. The van der Waals surface area contributed by atoms with Crippen LogP contribution in [-0.4, -0.2) is 52.4 Å². The van der Waals surface area contributed by atoms with Crippen molar-refractivity contribution in [2.45, 2.75) is 13.0 Å². The minimum Gasteiger partial charge on any atom is -0.408 e. The van der Waals surface area contributed by atoms with Gasteiger partial charge >= 0.3 is 5.76 Å². The monoisotopic (exact) mass is 429 g/mol. The Morgan fingerprint density at radius 3 is 2.31 bits per heavy atom. The highest BCUT2D eigenvalue weighted by Crippen LogP contribution is 2.18. The van der Waals surface area contributed by atoms with E-state index in [-0.39, 0.29) is 24.8 Å². The summed E-state index contributed by atoms with van der Waals surface area (Å²) < 4.78 is 6.72. The zero-order valence-electron chi connectivity index (χ0n) is 17.6. The van der Waals surface area contributed by atoms with Crippen LogP contribution in [0, 0.1) is 0 Å². The van der Waals surface area contributed by atoms with Gasteiger partial charge in [-0.05, 0) is 35.0 Å². The van der Waals surface area contributed by atoms with E-state index in [1.54, 1.807) is 21.9 Å². The van der Waals surface area contributed by atoms with E-state index in [9.17, 15) is 14.4 Å². The number of hydrogen-bond acceptors (Lipinski definition) is 4. The first-order valence-corrected chi connectivity index (χ1v) is 10.7. The predicted octanol–water partition coefficient (Wildman–Crippen LogP) is 3.12. The maximum Gasteiger partial charge on any atom is 0.419 e. The molecule has 0 spiro atoms. The van der Waals surface area contributed by atoms with Crippen LogP contribution in [0.25, 0.3) is 21.9 Å². The smallest absolute Gasteiger partial charge is 0.408 e. The van der Waals surface area contributed by atoms with Gasteiger partial charge in [-0.1, -0.05) is 42.5 Å². The molecule has 7 nitrogen and oxygen atoms in total. The van der Waals surface area contributed by atoms with Crippen molar-refractivity contribution in [2.24, 2.45) is 0 Å². The van der Waals surface area contributed by atoms with E-state index in [2.05, 4.69) is 0 Å². The second-order valence-corrected chi connectivity index (χ2v) is 7.97. The number of aromatic nitrogens is 1. The third-order valence-corrected chi connectivity index (χ3v) is 6.04. The van der Waals surface area contributed by atoms with E-state index in [0.29, 0.717) is 42.8 Å². The van der Waals surface area contributed by atoms with E-state index in [4.69, 9.17) is 4.42 Å². The fourth-order valence-electron chi connectivity index (χ4n) is 4.26. The van der Waals surface area contributed by atoms with Gasteiger partial charge in [-0.3, -0.25) is 14.2 Å². The lowest BCUT2D eigenvalue weighted by molar-refractivity contribution is -0.132. The van der Waals surface area contributed by atoms with Crippen molar-refractivity contribution in [1.29, 1.82) is 0 Å². The Labute approximate surface area is 184 Å². The minimum absolute atomic E-state index is 0.0146. The second kappa shape index (κ2) is 8.34. The number of hydrogen-bond donors (Lipinski definition) is 0. The SMILES string of the molecule is O=C(CCn1c(=O)oc2ccccc21)N1CCN(C(=O)c2ccc3ccccc3c2)CC1. The van der Waals surface area contributed by atoms with Crippen LogP contribution in [0.3, 0.4) is 0 Å². The number of amides is 2. The molecule has 0 unspecified atom stereocenters. The number of rotatable bonds is 4. The number of aryl methyl sites for hydroxylation is 1. The lowest BCUT2D eigenvalue weighted by atomic mass is 10.1. The fraction of sp³-hybridized carbons (Fsp3) is 0.240. The lowest BCUT2D eigenvalue weighted by Gasteiger charge is -2.35. The number of oxazole rings is 1. The van der Waals surface area contributed by atoms with Gasteiger partial charge in [-0.25, -0.2) is 4.79 Å². The molecule has 0 radical (unpaired) electrons. The summed E-state index contributed by atoms with van der Waals surface area (Å²) in [7, 11) is 0. The first kappa shape index (κ1) is 20.1. The Morgan fingerprint density at radius 1 is 0.812 bits per heavy atom. The molecule has 3 aromatic carbocycles. The van der Waals surface area contributed by atoms with E-state index in [1.165, 1.54) is 4.57 Å². The molecule has 0 atom stereocenters. The summed E-state index contributed by atoms with van der Waals surface area (Å²) >= 11 is 0. The normalized spacial score (nSPS) is 14.2. The van der Waals surface area contributed by atoms with Crippen molar-refractivity contribution < 1.29 is 14.0 Å². The quantitative estimate of drug-likeness (QED) is 0.500. The summed E-state index contributed by atoms with van der Waals surface area (Å²) in [6.45, 7) is 2.22. The molecule has 0 saturated carbocycles. The molecule has 1 fully saturated rings. The second-order valence-electron chi connectivity index (χ2n) is 7.97. The number of carbonyl (C=O) groups is 2. The minimum atomic E-state index is -0.454. The Morgan fingerprint density at radius 2 is 1.50 bits per heavy atom. The molecule has 0 bridgehead atoms. The van der Waals surface area contributed by atoms with Gasteiger partial charge in [-0.15, -0.1) is 0 Å². The van der Waals surface area contributed by atoms with Crippen LogP contribution in [0.1, 0.15) is 16.8 Å². The maximum absolute atomic E-state index is 12.9. The van der Waals surface area contributed by atoms with Crippen LogP contribution in [0.2, 0.25) is 0 Å². The Kier molecular flexibility index (Phi) is 5.23. The standard InChI is InChI=1S/C25H23N3O4/c29-23(11-12-28-21-7-3-4-8-22(21)32-25(28)31)26-13-15-27(16-14-26)24(30)20-10-9-18-5-1-2-6-19(18)17-20/h1-10,17H,11-16H2. The molecule has 1 aromatic heterocycles. The average molecular weight is 429 g/mol. The molecule has 0 N–H and O–H groups in total. The predicted molar refractivity (Wildman–Crippen MR) is 122 cm³/mol. The van der Waals surface area contributed by atoms with E-state index < -0.39 is 5.76 Å². The van der Waals surface area contributed by atoms with E-state index in [0.717, 1.165) is 10.8 Å². The molecule has 0 aliphatic carbocycles.